The third kappa shape index (κ3) is 2.14. The van der Waals surface area contributed by atoms with Crippen LogP contribution in [-0.4, -0.2) is 14.7 Å². The van der Waals surface area contributed by atoms with Crippen LogP contribution < -0.4 is 8.70 Å². The molecule has 1 atom stereocenters. The number of allylic oxidation sites excluding steroid dienone is 2. The van der Waals surface area contributed by atoms with Gasteiger partial charge in [0.05, 0.1) is 0 Å². The van der Waals surface area contributed by atoms with Crippen LogP contribution in [0.25, 0.3) is 6.08 Å². The molecule has 0 bridgehead atoms. The first-order chi connectivity index (χ1) is 8.45. The van der Waals surface area contributed by atoms with Crippen LogP contribution >= 0.6 is 0 Å². The Kier molecular flexibility index (Phi) is 2.98. The van der Waals surface area contributed by atoms with Crippen molar-refractivity contribution in [2.45, 2.75) is 0 Å². The molecule has 0 fully saturated rings. The van der Waals surface area contributed by atoms with Crippen molar-refractivity contribution in [2.75, 3.05) is 0 Å². The number of fused-ring (bicyclic) bond motifs is 1. The van der Waals surface area contributed by atoms with Gasteiger partial charge in [0.1, 0.15) is 0 Å². The zero-order valence-electron chi connectivity index (χ0n) is 9.45. The van der Waals surface area contributed by atoms with Gasteiger partial charge in [0.25, 0.3) is 0 Å². The van der Waals surface area contributed by atoms with Crippen molar-refractivity contribution in [1.82, 2.24) is 0 Å². The van der Waals surface area contributed by atoms with E-state index in [4.69, 9.17) is 0 Å². The number of hydrogen-bond donors (Lipinski definition) is 0. The van der Waals surface area contributed by atoms with Crippen LogP contribution in [0.5, 0.6) is 0 Å². The minimum absolute atomic E-state index is 1.25. The molecule has 82 valence electrons. The van der Waals surface area contributed by atoms with E-state index < -0.39 is 14.7 Å². The molecule has 2 aromatic rings. The second kappa shape index (κ2) is 4.77. The molecule has 2 aromatic carbocycles. The summed E-state index contributed by atoms with van der Waals surface area (Å²) in [6.45, 7) is 0. The van der Waals surface area contributed by atoms with Gasteiger partial charge in [0, 0.05) is 0 Å². The summed E-state index contributed by atoms with van der Waals surface area (Å²) in [5.41, 5.74) is 1.38. The molecule has 3 rings (SSSR count). The van der Waals surface area contributed by atoms with E-state index in [-0.39, 0.29) is 0 Å². The Hall–Kier alpha value is -1.52. The number of rotatable bonds is 1. The molecule has 0 radical (unpaired) electrons. The van der Waals surface area contributed by atoms with Crippen LogP contribution in [0.3, 0.4) is 0 Å². The van der Waals surface area contributed by atoms with E-state index in [0.717, 1.165) is 0 Å². The van der Waals surface area contributed by atoms with Gasteiger partial charge in [0.2, 0.25) is 0 Å². The van der Waals surface area contributed by atoms with Crippen LogP contribution in [0.4, 0.5) is 0 Å². The monoisotopic (exact) mass is 280 g/mol. The maximum absolute atomic E-state index is 2.41. The molecule has 17 heavy (non-hydrogen) atoms. The Labute approximate surface area is 107 Å². The van der Waals surface area contributed by atoms with Gasteiger partial charge >= 0.3 is 107 Å². The Morgan fingerprint density at radius 1 is 0.706 bits per heavy atom. The summed E-state index contributed by atoms with van der Waals surface area (Å²) in [4.78, 5) is 2.41. The van der Waals surface area contributed by atoms with E-state index in [1.165, 1.54) is 14.3 Å². The third-order valence-electron chi connectivity index (χ3n) is 2.85. The van der Waals surface area contributed by atoms with Gasteiger partial charge in [-0.3, -0.25) is 0 Å². The summed E-state index contributed by atoms with van der Waals surface area (Å²) in [6, 6.07) is 19.6. The molecule has 0 saturated carbocycles. The van der Waals surface area contributed by atoms with E-state index in [2.05, 4.69) is 77.7 Å². The van der Waals surface area contributed by atoms with Gasteiger partial charge in [-0.1, -0.05) is 0 Å². The first-order valence-corrected chi connectivity index (χ1v) is 8.69. The molecule has 1 unspecified atom stereocenters. The summed E-state index contributed by atoms with van der Waals surface area (Å²) in [5.74, 6) is 0. The molecular formula is C16H13As. The first-order valence-electron chi connectivity index (χ1n) is 5.73. The van der Waals surface area contributed by atoms with Crippen molar-refractivity contribution in [3.8, 4) is 0 Å². The average molecular weight is 280 g/mol. The topological polar surface area (TPSA) is 0 Å². The standard InChI is InChI=1S/C16H13As/c1-2-10-15(11-3-1)17-13-7-6-9-14-8-4-5-12-16(14)17/h1-13H. The van der Waals surface area contributed by atoms with Crippen molar-refractivity contribution < 1.29 is 0 Å². The van der Waals surface area contributed by atoms with Crippen LogP contribution in [0.2, 0.25) is 0 Å². The van der Waals surface area contributed by atoms with Crippen molar-refractivity contribution in [3.05, 3.63) is 77.2 Å². The van der Waals surface area contributed by atoms with Crippen molar-refractivity contribution in [2.24, 2.45) is 0 Å². The Bertz CT molecular complexity index is 567. The van der Waals surface area contributed by atoms with Gasteiger partial charge < -0.3 is 0 Å². The number of benzene rings is 2. The molecule has 0 amide bonds. The Balaban J connectivity index is 2.14. The predicted octanol–water partition coefficient (Wildman–Crippen LogP) is 2.42. The molecule has 1 heterocycles. The van der Waals surface area contributed by atoms with E-state index in [1.807, 2.05) is 0 Å². The summed E-state index contributed by atoms with van der Waals surface area (Å²) in [7, 11) is 0. The average Bonchev–Trinajstić information content (AvgIpc) is 2.62. The molecule has 0 spiro atoms. The van der Waals surface area contributed by atoms with Crippen LogP contribution in [0, 0.1) is 0 Å². The van der Waals surface area contributed by atoms with Gasteiger partial charge in [-0.15, -0.1) is 0 Å². The summed E-state index contributed by atoms with van der Waals surface area (Å²) < 4.78 is 3.02. The fraction of sp³-hybridized carbons (Fsp3) is 0. The SMILES string of the molecule is C1=Cc2ccccc2[As](c2ccccc2)C=C1. The van der Waals surface area contributed by atoms with Crippen LogP contribution in [0.1, 0.15) is 5.56 Å². The third-order valence-corrected chi connectivity index (χ3v) is 7.58. The van der Waals surface area contributed by atoms with Crippen molar-refractivity contribution in [3.63, 3.8) is 0 Å². The molecule has 0 aliphatic carbocycles. The van der Waals surface area contributed by atoms with Crippen LogP contribution in [-0.2, 0) is 0 Å². The quantitative estimate of drug-likeness (QED) is 0.704. The van der Waals surface area contributed by atoms with E-state index >= 15 is 0 Å². The maximum atomic E-state index is 2.41. The number of hydrogen-bond acceptors (Lipinski definition) is 0. The molecule has 0 nitrogen and oxygen atoms in total. The Morgan fingerprint density at radius 3 is 2.35 bits per heavy atom. The van der Waals surface area contributed by atoms with Crippen molar-refractivity contribution in [1.29, 1.82) is 0 Å². The van der Waals surface area contributed by atoms with Crippen molar-refractivity contribution >= 4 is 29.4 Å². The molecule has 1 heteroatoms. The molecule has 1 aliphatic rings. The molecule has 1 aliphatic heterocycles. The minimum atomic E-state index is -1.25. The fourth-order valence-electron chi connectivity index (χ4n) is 2.04. The normalized spacial score (nSPS) is 17.5. The van der Waals surface area contributed by atoms with Gasteiger partial charge in [-0.05, 0) is 0 Å². The molecule has 0 saturated heterocycles. The second-order valence-electron chi connectivity index (χ2n) is 3.97. The summed E-state index contributed by atoms with van der Waals surface area (Å²) >= 11 is -1.25. The van der Waals surface area contributed by atoms with Gasteiger partial charge in [-0.2, -0.15) is 0 Å². The zero-order chi connectivity index (χ0) is 11.5. The summed E-state index contributed by atoms with van der Waals surface area (Å²) in [6.07, 6.45) is 6.56. The fourth-order valence-corrected chi connectivity index (χ4v) is 6.34. The van der Waals surface area contributed by atoms with Gasteiger partial charge in [0.15, 0.2) is 0 Å². The zero-order valence-corrected chi connectivity index (χ0v) is 11.3. The van der Waals surface area contributed by atoms with E-state index in [0.29, 0.717) is 0 Å². The van der Waals surface area contributed by atoms with Crippen LogP contribution in [0.15, 0.2) is 71.6 Å². The second-order valence-corrected chi connectivity index (χ2v) is 8.24. The van der Waals surface area contributed by atoms with Gasteiger partial charge in [-0.25, -0.2) is 0 Å². The molecule has 0 aromatic heterocycles. The van der Waals surface area contributed by atoms with E-state index in [1.54, 1.807) is 0 Å². The summed E-state index contributed by atoms with van der Waals surface area (Å²) in [5, 5.41) is 0. The molecular weight excluding hydrogens is 267 g/mol. The molecule has 0 N–H and O–H groups in total. The Morgan fingerprint density at radius 2 is 1.47 bits per heavy atom. The predicted molar refractivity (Wildman–Crippen MR) is 76.1 cm³/mol. The first kappa shape index (κ1) is 10.6. The van der Waals surface area contributed by atoms with E-state index in [9.17, 15) is 0 Å².